The summed E-state index contributed by atoms with van der Waals surface area (Å²) in [5.41, 5.74) is 0.439. The molecule has 0 unspecified atom stereocenters. The van der Waals surface area contributed by atoms with Crippen molar-refractivity contribution in [1.29, 1.82) is 5.26 Å². The molecule has 4 heteroatoms. The summed E-state index contributed by atoms with van der Waals surface area (Å²) >= 11 is 0. The van der Waals surface area contributed by atoms with E-state index in [9.17, 15) is 5.11 Å². The van der Waals surface area contributed by atoms with Gasteiger partial charge >= 0.3 is 0 Å². The van der Waals surface area contributed by atoms with Crippen LogP contribution < -0.4 is 5.32 Å². The van der Waals surface area contributed by atoms with Crippen molar-refractivity contribution in [3.05, 3.63) is 23.9 Å². The smallest absolute Gasteiger partial charge is 0.142 e. The first-order chi connectivity index (χ1) is 8.28. The Morgan fingerprint density at radius 2 is 2.12 bits per heavy atom. The lowest BCUT2D eigenvalue weighted by Crippen LogP contribution is -2.23. The van der Waals surface area contributed by atoms with Crippen LogP contribution in [0.4, 0.5) is 5.82 Å². The van der Waals surface area contributed by atoms with Gasteiger partial charge in [0.1, 0.15) is 17.6 Å². The fourth-order valence-electron chi connectivity index (χ4n) is 2.19. The van der Waals surface area contributed by atoms with Gasteiger partial charge in [0.05, 0.1) is 6.10 Å². The first-order valence-electron chi connectivity index (χ1n) is 6.07. The Morgan fingerprint density at radius 3 is 2.82 bits per heavy atom. The molecule has 0 amide bonds. The molecule has 4 nitrogen and oxygen atoms in total. The molecule has 90 valence electrons. The Kier molecular flexibility index (Phi) is 3.94. The highest BCUT2D eigenvalue weighted by Crippen LogP contribution is 2.24. The van der Waals surface area contributed by atoms with E-state index in [1.807, 2.05) is 18.2 Å². The Morgan fingerprint density at radius 1 is 1.35 bits per heavy atom. The van der Waals surface area contributed by atoms with Crippen LogP contribution in [0, 0.1) is 17.2 Å². The van der Waals surface area contributed by atoms with Crippen molar-refractivity contribution < 1.29 is 5.11 Å². The van der Waals surface area contributed by atoms with Crippen molar-refractivity contribution in [2.24, 2.45) is 5.92 Å². The van der Waals surface area contributed by atoms with Gasteiger partial charge in [-0.05, 0) is 43.7 Å². The molecular weight excluding hydrogens is 214 g/mol. The maximum Gasteiger partial charge on any atom is 0.142 e. The largest absolute Gasteiger partial charge is 0.393 e. The van der Waals surface area contributed by atoms with Crippen LogP contribution in [0.2, 0.25) is 0 Å². The zero-order valence-electron chi connectivity index (χ0n) is 9.76. The summed E-state index contributed by atoms with van der Waals surface area (Å²) < 4.78 is 0. The lowest BCUT2D eigenvalue weighted by atomic mass is 9.87. The number of hydrogen-bond acceptors (Lipinski definition) is 4. The van der Waals surface area contributed by atoms with E-state index < -0.39 is 0 Å². The monoisotopic (exact) mass is 231 g/mol. The van der Waals surface area contributed by atoms with Gasteiger partial charge in [-0.3, -0.25) is 0 Å². The minimum atomic E-state index is -0.105. The SMILES string of the molecule is N#Cc1cccc(NCC2CCC(O)CC2)n1. The van der Waals surface area contributed by atoms with Crippen LogP contribution in [0.3, 0.4) is 0 Å². The number of aliphatic hydroxyl groups excluding tert-OH is 1. The van der Waals surface area contributed by atoms with Gasteiger partial charge in [0.2, 0.25) is 0 Å². The van der Waals surface area contributed by atoms with Crippen molar-refractivity contribution in [1.82, 2.24) is 4.98 Å². The Bertz CT molecular complexity index is 405. The van der Waals surface area contributed by atoms with E-state index in [0.717, 1.165) is 38.0 Å². The standard InChI is InChI=1S/C13H17N3O/c14-8-11-2-1-3-13(16-11)15-9-10-4-6-12(17)7-5-10/h1-3,10,12,17H,4-7,9H2,(H,15,16). The Labute approximate surface area is 101 Å². The first kappa shape index (κ1) is 11.9. The summed E-state index contributed by atoms with van der Waals surface area (Å²) in [5, 5.41) is 21.4. The van der Waals surface area contributed by atoms with E-state index in [4.69, 9.17) is 5.26 Å². The molecule has 1 aromatic rings. The van der Waals surface area contributed by atoms with Crippen LogP contribution in [0.1, 0.15) is 31.4 Å². The van der Waals surface area contributed by atoms with Gasteiger partial charge in [0, 0.05) is 6.54 Å². The Balaban J connectivity index is 1.83. The second-order valence-corrected chi connectivity index (χ2v) is 4.58. The van der Waals surface area contributed by atoms with Gasteiger partial charge in [0.25, 0.3) is 0 Å². The number of aliphatic hydroxyl groups is 1. The van der Waals surface area contributed by atoms with Gasteiger partial charge in [-0.2, -0.15) is 5.26 Å². The maximum atomic E-state index is 9.41. The lowest BCUT2D eigenvalue weighted by Gasteiger charge is -2.25. The highest BCUT2D eigenvalue weighted by atomic mass is 16.3. The van der Waals surface area contributed by atoms with Gasteiger partial charge < -0.3 is 10.4 Å². The van der Waals surface area contributed by atoms with Crippen LogP contribution in [-0.2, 0) is 0 Å². The van der Waals surface area contributed by atoms with E-state index in [1.165, 1.54) is 0 Å². The van der Waals surface area contributed by atoms with E-state index in [0.29, 0.717) is 11.6 Å². The third kappa shape index (κ3) is 3.43. The molecule has 2 rings (SSSR count). The van der Waals surface area contributed by atoms with E-state index in [-0.39, 0.29) is 6.10 Å². The molecule has 0 bridgehead atoms. The molecule has 0 aromatic carbocycles. The number of nitrogens with one attached hydrogen (secondary N) is 1. The number of hydrogen-bond donors (Lipinski definition) is 2. The minimum absolute atomic E-state index is 0.105. The summed E-state index contributed by atoms with van der Waals surface area (Å²) in [4.78, 5) is 4.17. The molecule has 1 aromatic heterocycles. The number of rotatable bonds is 3. The lowest BCUT2D eigenvalue weighted by molar-refractivity contribution is 0.111. The van der Waals surface area contributed by atoms with Crippen molar-refractivity contribution in [2.75, 3.05) is 11.9 Å². The van der Waals surface area contributed by atoms with Crippen molar-refractivity contribution in [3.63, 3.8) is 0 Å². The number of anilines is 1. The van der Waals surface area contributed by atoms with E-state index in [1.54, 1.807) is 6.07 Å². The Hall–Kier alpha value is -1.60. The summed E-state index contributed by atoms with van der Waals surface area (Å²) in [6.45, 7) is 0.870. The number of nitriles is 1. The normalized spacial score (nSPS) is 24.0. The van der Waals surface area contributed by atoms with Gasteiger partial charge in [0.15, 0.2) is 0 Å². The molecule has 2 N–H and O–H groups in total. The average Bonchev–Trinajstić information content (AvgIpc) is 2.38. The fourth-order valence-corrected chi connectivity index (χ4v) is 2.19. The third-order valence-electron chi connectivity index (χ3n) is 3.25. The summed E-state index contributed by atoms with van der Waals surface area (Å²) in [6, 6.07) is 7.43. The van der Waals surface area contributed by atoms with Crippen LogP contribution >= 0.6 is 0 Å². The molecule has 0 radical (unpaired) electrons. The highest BCUT2D eigenvalue weighted by Gasteiger charge is 2.18. The van der Waals surface area contributed by atoms with Gasteiger partial charge in [-0.25, -0.2) is 4.98 Å². The zero-order chi connectivity index (χ0) is 12.1. The molecule has 0 spiro atoms. The second-order valence-electron chi connectivity index (χ2n) is 4.58. The molecule has 1 aliphatic carbocycles. The van der Waals surface area contributed by atoms with Crippen LogP contribution in [0.15, 0.2) is 18.2 Å². The quantitative estimate of drug-likeness (QED) is 0.833. The predicted octanol–water partition coefficient (Wildman–Crippen LogP) is 1.92. The molecule has 1 aliphatic rings. The molecule has 1 saturated carbocycles. The van der Waals surface area contributed by atoms with E-state index in [2.05, 4.69) is 10.3 Å². The topological polar surface area (TPSA) is 68.9 Å². The van der Waals surface area contributed by atoms with Crippen LogP contribution in [0.5, 0.6) is 0 Å². The molecule has 1 heterocycles. The number of aromatic nitrogens is 1. The molecule has 0 aliphatic heterocycles. The number of nitrogens with zero attached hydrogens (tertiary/aromatic N) is 2. The van der Waals surface area contributed by atoms with E-state index >= 15 is 0 Å². The highest BCUT2D eigenvalue weighted by molar-refractivity contribution is 5.38. The molecule has 1 fully saturated rings. The summed E-state index contributed by atoms with van der Waals surface area (Å²) in [7, 11) is 0. The average molecular weight is 231 g/mol. The maximum absolute atomic E-state index is 9.41. The predicted molar refractivity (Wildman–Crippen MR) is 65.4 cm³/mol. The second kappa shape index (κ2) is 5.65. The molecule has 17 heavy (non-hydrogen) atoms. The molecular formula is C13H17N3O. The van der Waals surface area contributed by atoms with Crippen LogP contribution in [0.25, 0.3) is 0 Å². The van der Waals surface area contributed by atoms with Crippen molar-refractivity contribution in [3.8, 4) is 6.07 Å². The summed E-state index contributed by atoms with van der Waals surface area (Å²) in [5.74, 6) is 1.36. The molecule has 0 atom stereocenters. The van der Waals surface area contributed by atoms with Crippen molar-refractivity contribution in [2.45, 2.75) is 31.8 Å². The van der Waals surface area contributed by atoms with Crippen molar-refractivity contribution >= 4 is 5.82 Å². The minimum Gasteiger partial charge on any atom is -0.393 e. The molecule has 0 saturated heterocycles. The van der Waals surface area contributed by atoms with Crippen LogP contribution in [-0.4, -0.2) is 22.7 Å². The van der Waals surface area contributed by atoms with Gasteiger partial charge in [-0.15, -0.1) is 0 Å². The fraction of sp³-hybridized carbons (Fsp3) is 0.538. The summed E-state index contributed by atoms with van der Waals surface area (Å²) in [6.07, 6.45) is 3.82. The first-order valence-corrected chi connectivity index (χ1v) is 6.07. The zero-order valence-corrected chi connectivity index (χ0v) is 9.76. The third-order valence-corrected chi connectivity index (χ3v) is 3.25. The number of pyridine rings is 1. The van der Waals surface area contributed by atoms with Gasteiger partial charge in [-0.1, -0.05) is 6.07 Å².